The van der Waals surface area contributed by atoms with E-state index in [1.165, 1.54) is 11.3 Å². The molecule has 0 aliphatic heterocycles. The summed E-state index contributed by atoms with van der Waals surface area (Å²) in [4.78, 5) is 4.83. The Balaban J connectivity index is 1.77. The summed E-state index contributed by atoms with van der Waals surface area (Å²) in [5.41, 5.74) is 6.51. The minimum absolute atomic E-state index is 0.0903. The third-order valence-corrected chi connectivity index (χ3v) is 4.30. The Bertz CT molecular complexity index is 829. The summed E-state index contributed by atoms with van der Waals surface area (Å²) in [5.74, 6) is 1.44. The van der Waals surface area contributed by atoms with Crippen molar-refractivity contribution in [2.24, 2.45) is 5.73 Å². The second-order valence-corrected chi connectivity index (χ2v) is 5.80. The fourth-order valence-corrected chi connectivity index (χ4v) is 3.01. The van der Waals surface area contributed by atoms with E-state index in [4.69, 9.17) is 20.6 Å². The summed E-state index contributed by atoms with van der Waals surface area (Å²) >= 11 is 1.49. The lowest BCUT2D eigenvalue weighted by Gasteiger charge is -2.07. The van der Waals surface area contributed by atoms with Crippen LogP contribution in [0.1, 0.15) is 10.4 Å². The molecule has 6 heteroatoms. The van der Waals surface area contributed by atoms with Crippen LogP contribution in [-0.2, 0) is 6.61 Å². The number of aromatic nitrogens is 1. The Morgan fingerprint density at radius 3 is 2.91 bits per heavy atom. The fraction of sp³-hybridized carbons (Fsp3) is 0.125. The summed E-state index contributed by atoms with van der Waals surface area (Å²) in [6.45, 7) is 0.440. The van der Waals surface area contributed by atoms with Crippen LogP contribution in [0.15, 0.2) is 42.6 Å². The highest BCUT2D eigenvalue weighted by molar-refractivity contribution is 7.20. The summed E-state index contributed by atoms with van der Waals surface area (Å²) in [6.07, 6.45) is 1.69. The standard InChI is InChI=1S/C16H15N3O2S/c1-20-15-6-10(4-5-19-15)9-21-12-3-2-11-7-14(16(17)18)22-13(11)8-12/h2-8H,9H2,1H3,(H3,17,18). The van der Waals surface area contributed by atoms with Gasteiger partial charge in [0.05, 0.1) is 12.0 Å². The predicted octanol–water partition coefficient (Wildman–Crippen LogP) is 3.17. The largest absolute Gasteiger partial charge is 0.489 e. The van der Waals surface area contributed by atoms with Gasteiger partial charge >= 0.3 is 0 Å². The number of thiophene rings is 1. The van der Waals surface area contributed by atoms with Crippen molar-refractivity contribution in [3.8, 4) is 11.6 Å². The lowest BCUT2D eigenvalue weighted by atomic mass is 10.2. The van der Waals surface area contributed by atoms with Gasteiger partial charge in [0.15, 0.2) is 0 Å². The van der Waals surface area contributed by atoms with E-state index < -0.39 is 0 Å². The predicted molar refractivity (Wildman–Crippen MR) is 88.0 cm³/mol. The van der Waals surface area contributed by atoms with Crippen LogP contribution in [0.3, 0.4) is 0 Å². The van der Waals surface area contributed by atoms with Gasteiger partial charge in [0, 0.05) is 17.0 Å². The highest BCUT2D eigenvalue weighted by Crippen LogP contribution is 2.29. The molecule has 2 aromatic heterocycles. The number of methoxy groups -OCH3 is 1. The molecule has 0 atom stereocenters. The molecule has 0 bridgehead atoms. The first-order valence-electron chi connectivity index (χ1n) is 6.65. The Morgan fingerprint density at radius 1 is 1.27 bits per heavy atom. The molecule has 3 rings (SSSR count). The van der Waals surface area contributed by atoms with Gasteiger partial charge in [0.1, 0.15) is 18.2 Å². The van der Waals surface area contributed by atoms with Crippen LogP contribution < -0.4 is 15.2 Å². The van der Waals surface area contributed by atoms with Gasteiger partial charge in [-0.2, -0.15) is 0 Å². The minimum atomic E-state index is 0.0903. The number of amidine groups is 1. The van der Waals surface area contributed by atoms with Crippen LogP contribution in [0.5, 0.6) is 11.6 Å². The highest BCUT2D eigenvalue weighted by Gasteiger charge is 2.06. The van der Waals surface area contributed by atoms with Gasteiger partial charge in [0.25, 0.3) is 0 Å². The zero-order valence-electron chi connectivity index (χ0n) is 12.0. The van der Waals surface area contributed by atoms with Crippen molar-refractivity contribution >= 4 is 27.3 Å². The van der Waals surface area contributed by atoms with Gasteiger partial charge in [-0.05, 0) is 41.3 Å². The summed E-state index contributed by atoms with van der Waals surface area (Å²) in [6, 6.07) is 11.5. The zero-order valence-corrected chi connectivity index (χ0v) is 12.8. The molecule has 0 saturated heterocycles. The number of rotatable bonds is 5. The Kier molecular flexibility index (Phi) is 3.93. The van der Waals surface area contributed by atoms with Gasteiger partial charge in [0.2, 0.25) is 5.88 Å². The smallest absolute Gasteiger partial charge is 0.213 e. The van der Waals surface area contributed by atoms with Crippen molar-refractivity contribution in [1.82, 2.24) is 4.98 Å². The van der Waals surface area contributed by atoms with E-state index in [1.54, 1.807) is 13.3 Å². The van der Waals surface area contributed by atoms with Crippen molar-refractivity contribution in [3.63, 3.8) is 0 Å². The van der Waals surface area contributed by atoms with E-state index in [0.717, 1.165) is 26.3 Å². The second-order valence-electron chi connectivity index (χ2n) is 4.72. The first-order valence-corrected chi connectivity index (χ1v) is 7.47. The minimum Gasteiger partial charge on any atom is -0.489 e. The second kappa shape index (κ2) is 6.03. The van der Waals surface area contributed by atoms with Crippen LogP contribution in [0.2, 0.25) is 0 Å². The van der Waals surface area contributed by atoms with Gasteiger partial charge in [-0.15, -0.1) is 11.3 Å². The molecule has 3 aromatic rings. The van der Waals surface area contributed by atoms with Gasteiger partial charge in [-0.3, -0.25) is 5.41 Å². The first kappa shape index (κ1) is 14.3. The number of fused-ring (bicyclic) bond motifs is 1. The number of hydrogen-bond donors (Lipinski definition) is 2. The third-order valence-electron chi connectivity index (χ3n) is 3.17. The molecule has 0 fully saturated rings. The topological polar surface area (TPSA) is 81.2 Å². The first-order chi connectivity index (χ1) is 10.7. The molecule has 22 heavy (non-hydrogen) atoms. The Labute approximate surface area is 131 Å². The Hall–Kier alpha value is -2.60. The number of benzene rings is 1. The number of nitrogens with one attached hydrogen (secondary N) is 1. The molecule has 0 aliphatic rings. The monoisotopic (exact) mass is 313 g/mol. The molecule has 0 amide bonds. The molecule has 2 heterocycles. The van der Waals surface area contributed by atoms with Gasteiger partial charge in [-0.25, -0.2) is 4.98 Å². The van der Waals surface area contributed by atoms with Crippen LogP contribution in [-0.4, -0.2) is 17.9 Å². The number of hydrogen-bond acceptors (Lipinski definition) is 5. The maximum absolute atomic E-state index is 7.49. The molecular formula is C16H15N3O2S. The normalized spacial score (nSPS) is 10.6. The van der Waals surface area contributed by atoms with E-state index in [-0.39, 0.29) is 5.84 Å². The summed E-state index contributed by atoms with van der Waals surface area (Å²) < 4.78 is 12.0. The van der Waals surface area contributed by atoms with E-state index >= 15 is 0 Å². The SMILES string of the molecule is COc1cc(COc2ccc3cc(C(=N)N)sc3c2)ccn1. The van der Waals surface area contributed by atoms with Crippen molar-refractivity contribution in [2.75, 3.05) is 7.11 Å². The third kappa shape index (κ3) is 3.01. The fourth-order valence-electron chi connectivity index (χ4n) is 2.05. The molecule has 5 nitrogen and oxygen atoms in total. The maximum Gasteiger partial charge on any atom is 0.213 e. The van der Waals surface area contributed by atoms with Crippen molar-refractivity contribution in [1.29, 1.82) is 5.41 Å². The summed E-state index contributed by atoms with van der Waals surface area (Å²) in [5, 5.41) is 8.56. The van der Waals surface area contributed by atoms with Crippen LogP contribution in [0.4, 0.5) is 0 Å². The van der Waals surface area contributed by atoms with Crippen molar-refractivity contribution in [2.45, 2.75) is 6.61 Å². The Morgan fingerprint density at radius 2 is 2.14 bits per heavy atom. The van der Waals surface area contributed by atoms with E-state index in [1.807, 2.05) is 36.4 Å². The zero-order chi connectivity index (χ0) is 15.5. The molecule has 0 saturated carbocycles. The average molecular weight is 313 g/mol. The lowest BCUT2D eigenvalue weighted by molar-refractivity contribution is 0.305. The van der Waals surface area contributed by atoms with Gasteiger partial charge < -0.3 is 15.2 Å². The molecule has 0 radical (unpaired) electrons. The number of nitrogens with zero attached hydrogens (tertiary/aromatic N) is 1. The average Bonchev–Trinajstić information content (AvgIpc) is 2.96. The number of nitrogens with two attached hydrogens (primary N) is 1. The lowest BCUT2D eigenvalue weighted by Crippen LogP contribution is -2.08. The van der Waals surface area contributed by atoms with E-state index in [9.17, 15) is 0 Å². The number of pyridine rings is 1. The molecule has 112 valence electrons. The molecule has 0 spiro atoms. The highest BCUT2D eigenvalue weighted by atomic mass is 32.1. The molecule has 0 unspecified atom stereocenters. The van der Waals surface area contributed by atoms with E-state index in [0.29, 0.717) is 12.5 Å². The van der Waals surface area contributed by atoms with Crippen LogP contribution in [0, 0.1) is 5.41 Å². The van der Waals surface area contributed by atoms with Crippen molar-refractivity contribution < 1.29 is 9.47 Å². The maximum atomic E-state index is 7.49. The van der Waals surface area contributed by atoms with Crippen LogP contribution >= 0.6 is 11.3 Å². The number of nitrogen functional groups attached to an aromatic ring is 1. The van der Waals surface area contributed by atoms with Crippen molar-refractivity contribution in [3.05, 3.63) is 53.0 Å². The molecule has 1 aromatic carbocycles. The molecule has 3 N–H and O–H groups in total. The summed E-state index contributed by atoms with van der Waals surface area (Å²) in [7, 11) is 1.59. The van der Waals surface area contributed by atoms with Crippen LogP contribution in [0.25, 0.3) is 10.1 Å². The van der Waals surface area contributed by atoms with Gasteiger partial charge in [-0.1, -0.05) is 0 Å². The quantitative estimate of drug-likeness (QED) is 0.560. The molecule has 0 aliphatic carbocycles. The number of ether oxygens (including phenoxy) is 2. The van der Waals surface area contributed by atoms with E-state index in [2.05, 4.69) is 4.98 Å². The molecular weight excluding hydrogens is 298 g/mol.